The molecule has 0 saturated carbocycles. The number of H-pyrrole nitrogens is 1. The van der Waals surface area contributed by atoms with Crippen LogP contribution in [0.1, 0.15) is 11.1 Å². The number of halogens is 1. The van der Waals surface area contributed by atoms with E-state index in [4.69, 9.17) is 11.6 Å². The van der Waals surface area contributed by atoms with Gasteiger partial charge in [-0.3, -0.25) is 4.79 Å². The molecule has 5 rings (SSSR count). The van der Waals surface area contributed by atoms with Gasteiger partial charge < -0.3 is 20.5 Å². The van der Waals surface area contributed by atoms with E-state index in [1.807, 2.05) is 36.4 Å². The van der Waals surface area contributed by atoms with E-state index in [1.165, 1.54) is 6.08 Å². The van der Waals surface area contributed by atoms with Gasteiger partial charge in [-0.2, -0.15) is 5.10 Å². The minimum Gasteiger partial charge on any atom is -0.508 e. The van der Waals surface area contributed by atoms with Crippen molar-refractivity contribution in [1.29, 1.82) is 0 Å². The smallest absolute Gasteiger partial charge is 0.326 e. The molecule has 0 spiro atoms. The molecule has 2 aromatic heterocycles. The van der Waals surface area contributed by atoms with Crippen molar-refractivity contribution in [2.75, 3.05) is 0 Å². The van der Waals surface area contributed by atoms with Crippen LogP contribution < -0.4 is 5.32 Å². The molecule has 9 heteroatoms. The van der Waals surface area contributed by atoms with Crippen LogP contribution in [0.5, 0.6) is 5.75 Å². The van der Waals surface area contributed by atoms with Crippen LogP contribution in [-0.4, -0.2) is 42.9 Å². The molecule has 2 heterocycles. The van der Waals surface area contributed by atoms with Gasteiger partial charge >= 0.3 is 5.97 Å². The molecule has 38 heavy (non-hydrogen) atoms. The molecule has 0 bridgehead atoms. The number of carbonyl (C=O) groups is 2. The Kier molecular flexibility index (Phi) is 6.97. The maximum atomic E-state index is 12.8. The number of fused-ring (bicyclic) bond motifs is 1. The average molecular weight is 527 g/mol. The van der Waals surface area contributed by atoms with Crippen LogP contribution >= 0.6 is 11.6 Å². The Bertz CT molecular complexity index is 1650. The SMILES string of the molecule is O=C(/C=C\c1cn(-c2cccc(Cl)c2)nc1-c1ccc(O)cc1)NC(Cc1c[nH]c2ccccc12)C(=O)O. The number of carbonyl (C=O) groups excluding carboxylic acids is 1. The highest BCUT2D eigenvalue weighted by Gasteiger charge is 2.21. The predicted molar refractivity (Wildman–Crippen MR) is 146 cm³/mol. The monoisotopic (exact) mass is 526 g/mol. The van der Waals surface area contributed by atoms with Gasteiger partial charge in [0.25, 0.3) is 0 Å². The van der Waals surface area contributed by atoms with Gasteiger partial charge in [0, 0.05) is 51.9 Å². The van der Waals surface area contributed by atoms with Crippen LogP contribution in [0.25, 0.3) is 33.9 Å². The third-order valence-corrected chi connectivity index (χ3v) is 6.32. The van der Waals surface area contributed by atoms with E-state index in [2.05, 4.69) is 15.4 Å². The van der Waals surface area contributed by atoms with E-state index in [0.29, 0.717) is 16.3 Å². The second-order valence-electron chi connectivity index (χ2n) is 8.70. The van der Waals surface area contributed by atoms with Gasteiger partial charge in [-0.25, -0.2) is 9.48 Å². The van der Waals surface area contributed by atoms with Crippen molar-refractivity contribution in [3.8, 4) is 22.7 Å². The minimum atomic E-state index is -1.13. The van der Waals surface area contributed by atoms with Gasteiger partial charge in [0.05, 0.1) is 11.4 Å². The largest absolute Gasteiger partial charge is 0.508 e. The molecule has 0 aliphatic heterocycles. The molecule has 0 aliphatic carbocycles. The molecule has 0 fully saturated rings. The fourth-order valence-corrected chi connectivity index (χ4v) is 4.39. The van der Waals surface area contributed by atoms with Crippen molar-refractivity contribution in [3.63, 3.8) is 0 Å². The van der Waals surface area contributed by atoms with E-state index in [0.717, 1.165) is 27.7 Å². The molecule has 3 aromatic carbocycles. The lowest BCUT2D eigenvalue weighted by molar-refractivity contribution is -0.141. The van der Waals surface area contributed by atoms with Crippen LogP contribution in [0, 0.1) is 0 Å². The zero-order valence-electron chi connectivity index (χ0n) is 20.0. The molecule has 1 atom stereocenters. The van der Waals surface area contributed by atoms with Gasteiger partial charge in [-0.1, -0.05) is 35.9 Å². The zero-order valence-corrected chi connectivity index (χ0v) is 20.8. The molecule has 8 nitrogen and oxygen atoms in total. The number of phenolic OH excluding ortho intramolecular Hbond substituents is 1. The van der Waals surface area contributed by atoms with Gasteiger partial charge in [-0.05, 0) is 60.2 Å². The highest BCUT2D eigenvalue weighted by molar-refractivity contribution is 6.30. The summed E-state index contributed by atoms with van der Waals surface area (Å²) in [7, 11) is 0. The van der Waals surface area contributed by atoms with Gasteiger partial charge in [-0.15, -0.1) is 0 Å². The topological polar surface area (TPSA) is 120 Å². The van der Waals surface area contributed by atoms with Crippen molar-refractivity contribution in [2.24, 2.45) is 0 Å². The van der Waals surface area contributed by atoms with Crippen LogP contribution in [0.4, 0.5) is 0 Å². The maximum absolute atomic E-state index is 12.8. The number of carboxylic acid groups (broad SMARTS) is 1. The molecule has 0 radical (unpaired) electrons. The summed E-state index contributed by atoms with van der Waals surface area (Å²) in [6, 6.07) is 20.2. The van der Waals surface area contributed by atoms with Crippen molar-refractivity contribution in [3.05, 3.63) is 107 Å². The van der Waals surface area contributed by atoms with Crippen LogP contribution in [-0.2, 0) is 16.0 Å². The molecule has 0 aliphatic rings. The predicted octanol–water partition coefficient (Wildman–Crippen LogP) is 5.20. The van der Waals surface area contributed by atoms with E-state index in [-0.39, 0.29) is 12.2 Å². The second kappa shape index (κ2) is 10.7. The third-order valence-electron chi connectivity index (χ3n) is 6.08. The van der Waals surface area contributed by atoms with Crippen LogP contribution in [0.3, 0.4) is 0 Å². The standard InChI is InChI=1S/C29H23ClN4O4/c30-21-4-3-5-22(15-21)34-17-19(28(33-34)18-8-11-23(35)12-9-18)10-13-27(36)32-26(29(37)38)14-20-16-31-25-7-2-1-6-24(20)25/h1-13,15-17,26,31,35H,14H2,(H,32,36)(H,37,38)/b13-10-. The first-order chi connectivity index (χ1) is 18.4. The van der Waals surface area contributed by atoms with E-state index in [1.54, 1.807) is 59.5 Å². The lowest BCUT2D eigenvalue weighted by atomic mass is 10.0. The first-order valence-electron chi connectivity index (χ1n) is 11.8. The number of nitrogens with zero attached hydrogens (tertiary/aromatic N) is 2. The normalized spacial score (nSPS) is 12.1. The summed E-state index contributed by atoms with van der Waals surface area (Å²) >= 11 is 6.15. The lowest BCUT2D eigenvalue weighted by Crippen LogP contribution is -2.41. The van der Waals surface area contributed by atoms with Crippen molar-refractivity contribution in [2.45, 2.75) is 12.5 Å². The fraction of sp³-hybridized carbons (Fsp3) is 0.0690. The summed E-state index contributed by atoms with van der Waals surface area (Å²) in [4.78, 5) is 27.8. The van der Waals surface area contributed by atoms with Gasteiger partial charge in [0.1, 0.15) is 11.8 Å². The number of aromatic nitrogens is 3. The summed E-state index contributed by atoms with van der Waals surface area (Å²) in [5.74, 6) is -1.56. The van der Waals surface area contributed by atoms with Gasteiger partial charge in [0.15, 0.2) is 0 Å². The summed E-state index contributed by atoms with van der Waals surface area (Å²) < 4.78 is 1.64. The van der Waals surface area contributed by atoms with E-state index < -0.39 is 17.9 Å². The molecule has 1 unspecified atom stereocenters. The number of hydrogen-bond donors (Lipinski definition) is 4. The fourth-order valence-electron chi connectivity index (χ4n) is 4.21. The summed E-state index contributed by atoms with van der Waals surface area (Å²) in [6.07, 6.45) is 6.50. The Morgan fingerprint density at radius 2 is 1.87 bits per heavy atom. The highest BCUT2D eigenvalue weighted by atomic mass is 35.5. The van der Waals surface area contributed by atoms with E-state index >= 15 is 0 Å². The van der Waals surface area contributed by atoms with Gasteiger partial charge in [0.2, 0.25) is 5.91 Å². The number of aliphatic carboxylic acids is 1. The summed E-state index contributed by atoms with van der Waals surface area (Å²) in [6.45, 7) is 0. The number of aromatic hydroxyl groups is 1. The lowest BCUT2D eigenvalue weighted by Gasteiger charge is -2.12. The Morgan fingerprint density at radius 3 is 2.63 bits per heavy atom. The first-order valence-corrected chi connectivity index (χ1v) is 12.2. The molecule has 1 amide bonds. The number of phenols is 1. The van der Waals surface area contributed by atoms with E-state index in [9.17, 15) is 19.8 Å². The quantitative estimate of drug-likeness (QED) is 0.207. The molecule has 4 N–H and O–H groups in total. The van der Waals surface area contributed by atoms with Crippen LogP contribution in [0.15, 0.2) is 91.3 Å². The molecule has 5 aromatic rings. The zero-order chi connectivity index (χ0) is 26.6. The number of aromatic amines is 1. The number of amides is 1. The minimum absolute atomic E-state index is 0.120. The number of para-hydroxylation sites is 1. The Balaban J connectivity index is 1.40. The summed E-state index contributed by atoms with van der Waals surface area (Å²) in [5.41, 5.74) is 4.35. The van der Waals surface area contributed by atoms with Crippen molar-refractivity contribution >= 4 is 40.5 Å². The molecular formula is C29H23ClN4O4. The third kappa shape index (κ3) is 5.45. The number of carboxylic acids is 1. The molecule has 190 valence electrons. The maximum Gasteiger partial charge on any atom is 0.326 e. The first kappa shape index (κ1) is 24.9. The number of rotatable bonds is 8. The molecular weight excluding hydrogens is 504 g/mol. The number of benzene rings is 3. The van der Waals surface area contributed by atoms with Crippen molar-refractivity contribution < 1.29 is 19.8 Å². The average Bonchev–Trinajstić information content (AvgIpc) is 3.52. The highest BCUT2D eigenvalue weighted by Crippen LogP contribution is 2.27. The Labute approximate surface area is 222 Å². The molecule has 0 saturated heterocycles. The number of hydrogen-bond acceptors (Lipinski definition) is 4. The van der Waals surface area contributed by atoms with Crippen molar-refractivity contribution in [1.82, 2.24) is 20.1 Å². The number of nitrogens with one attached hydrogen (secondary N) is 2. The Hall–Kier alpha value is -4.82. The Morgan fingerprint density at radius 1 is 1.08 bits per heavy atom. The second-order valence-corrected chi connectivity index (χ2v) is 9.14. The van der Waals surface area contributed by atoms with Crippen LogP contribution in [0.2, 0.25) is 5.02 Å². The summed E-state index contributed by atoms with van der Waals surface area (Å²) in [5, 5.41) is 28.1.